The number of anilines is 1. The lowest BCUT2D eigenvalue weighted by molar-refractivity contribution is -0.179. The van der Waals surface area contributed by atoms with Gasteiger partial charge in [0.1, 0.15) is 34.0 Å². The molecule has 304 valence electrons. The van der Waals surface area contributed by atoms with Gasteiger partial charge in [-0.2, -0.15) is 0 Å². The zero-order valence-electron chi connectivity index (χ0n) is 32.6. The summed E-state index contributed by atoms with van der Waals surface area (Å²) in [6.45, 7) is 12.9. The van der Waals surface area contributed by atoms with Gasteiger partial charge in [-0.15, -0.1) is 11.3 Å². The molecule has 1 aromatic heterocycles. The van der Waals surface area contributed by atoms with E-state index in [-0.39, 0.29) is 26.7 Å². The molecular weight excluding hydrogens is 889 g/mol. The third-order valence-electron chi connectivity index (χ3n) is 8.10. The molecule has 57 heavy (non-hydrogen) atoms. The van der Waals surface area contributed by atoms with E-state index in [9.17, 15) is 28.2 Å². The van der Waals surface area contributed by atoms with E-state index in [2.05, 4.69) is 20.8 Å². The van der Waals surface area contributed by atoms with E-state index in [1.807, 2.05) is 83.3 Å². The average molecular weight is 934 g/mol. The minimum absolute atomic E-state index is 0.0324. The highest BCUT2D eigenvalue weighted by atomic mass is 127. The van der Waals surface area contributed by atoms with Crippen LogP contribution in [0.3, 0.4) is 0 Å². The number of carbonyl (C=O) groups is 5. The number of esters is 2. The molecule has 3 atom stereocenters. The minimum atomic E-state index is -1.74. The van der Waals surface area contributed by atoms with E-state index in [4.69, 9.17) is 19.0 Å². The number of amides is 3. The molecule has 0 bridgehead atoms. The van der Waals surface area contributed by atoms with E-state index < -0.39 is 80.7 Å². The van der Waals surface area contributed by atoms with Crippen molar-refractivity contribution in [2.75, 3.05) is 15.5 Å². The van der Waals surface area contributed by atoms with Gasteiger partial charge in [-0.3, -0.25) is 24.0 Å². The third kappa shape index (κ3) is 10.6. The summed E-state index contributed by atoms with van der Waals surface area (Å²) in [5.74, 6) is -3.28. The Morgan fingerprint density at radius 2 is 1.53 bits per heavy atom. The topological polar surface area (TPSA) is 192 Å². The van der Waals surface area contributed by atoms with Gasteiger partial charge in [0.25, 0.3) is 11.8 Å². The Labute approximate surface area is 350 Å². The first-order chi connectivity index (χ1) is 26.7. The molecule has 2 aromatic carbocycles. The number of rotatable bonds is 12. The van der Waals surface area contributed by atoms with Crippen molar-refractivity contribution in [1.29, 1.82) is 0 Å². The van der Waals surface area contributed by atoms with Crippen molar-refractivity contribution >= 4 is 85.4 Å². The van der Waals surface area contributed by atoms with Gasteiger partial charge in [0.2, 0.25) is 5.60 Å². The summed E-state index contributed by atoms with van der Waals surface area (Å²) in [6, 6.07) is 16.9. The van der Waals surface area contributed by atoms with Crippen molar-refractivity contribution in [3.8, 4) is 0 Å². The fourth-order valence-corrected chi connectivity index (χ4v) is 8.90. The first kappa shape index (κ1) is 43.4. The SMILES string of the molecule is CC(C)(C)OC(=O)Nc1nc(C(=NOC(C)(C)C(=O)OC(C)(C)C)C(=O)N[C@@H]2C(=O)N3C(C(=O)OC(c4ccccc4)c4ccccc4)=C(CI)CS(=O)[C@H]23)cs1. The van der Waals surface area contributed by atoms with Crippen LogP contribution in [0.5, 0.6) is 0 Å². The summed E-state index contributed by atoms with van der Waals surface area (Å²) in [6.07, 6.45) is -1.60. The molecule has 0 spiro atoms. The second-order valence-electron chi connectivity index (χ2n) is 15.5. The molecule has 5 rings (SSSR count). The summed E-state index contributed by atoms with van der Waals surface area (Å²) in [5.41, 5.74) is -2.05. The van der Waals surface area contributed by atoms with Gasteiger partial charge in [0.15, 0.2) is 16.9 Å². The number of hydrogen-bond donors (Lipinski definition) is 2. The van der Waals surface area contributed by atoms with Gasteiger partial charge in [0.05, 0.1) is 16.6 Å². The van der Waals surface area contributed by atoms with Gasteiger partial charge in [-0.05, 0) is 72.1 Å². The number of carbonyl (C=O) groups excluding carboxylic acids is 5. The summed E-state index contributed by atoms with van der Waals surface area (Å²) in [5, 5.41) is 9.42. The Hall–Kier alpha value is -4.69. The fourth-order valence-electron chi connectivity index (χ4n) is 5.53. The maximum absolute atomic E-state index is 14.1. The number of thiazole rings is 1. The molecule has 0 radical (unpaired) electrons. The zero-order valence-corrected chi connectivity index (χ0v) is 36.4. The van der Waals surface area contributed by atoms with E-state index in [1.54, 1.807) is 41.5 Å². The lowest BCUT2D eigenvalue weighted by atomic mass is 10.0. The maximum Gasteiger partial charge on any atom is 0.413 e. The van der Waals surface area contributed by atoms with Crippen LogP contribution in [-0.4, -0.2) is 88.0 Å². The summed E-state index contributed by atoms with van der Waals surface area (Å²) >= 11 is 2.99. The number of alkyl halides is 1. The lowest BCUT2D eigenvalue weighted by Crippen LogP contribution is -2.74. The van der Waals surface area contributed by atoms with Gasteiger partial charge in [0, 0.05) is 9.81 Å². The minimum Gasteiger partial charge on any atom is -0.457 e. The second kappa shape index (κ2) is 17.4. The van der Waals surface area contributed by atoms with Gasteiger partial charge < -0.3 is 24.4 Å². The molecule has 1 fully saturated rings. The number of benzene rings is 2. The monoisotopic (exact) mass is 933 g/mol. The van der Waals surface area contributed by atoms with Crippen molar-refractivity contribution in [3.05, 3.63) is 94.1 Å². The predicted molar refractivity (Wildman–Crippen MR) is 222 cm³/mol. The molecule has 3 heterocycles. The van der Waals surface area contributed by atoms with Gasteiger partial charge in [-0.25, -0.2) is 19.4 Å². The molecule has 1 saturated heterocycles. The molecule has 2 N–H and O–H groups in total. The average Bonchev–Trinajstić information content (AvgIpc) is 3.58. The highest BCUT2D eigenvalue weighted by Crippen LogP contribution is 2.38. The Balaban J connectivity index is 1.42. The molecule has 0 aliphatic carbocycles. The highest BCUT2D eigenvalue weighted by molar-refractivity contribution is 14.1. The molecule has 1 unspecified atom stereocenters. The second-order valence-corrected chi connectivity index (χ2v) is 18.6. The largest absolute Gasteiger partial charge is 0.457 e. The van der Waals surface area contributed by atoms with Crippen molar-refractivity contribution in [2.24, 2.45) is 5.16 Å². The quantitative estimate of drug-likeness (QED) is 0.0427. The number of β-lactam (4-membered cyclic amide) rings is 1. The molecular formula is C39H44IN5O10S2. The first-order valence-electron chi connectivity index (χ1n) is 17.7. The first-order valence-corrected chi connectivity index (χ1v) is 21.5. The molecule has 15 nitrogen and oxygen atoms in total. The number of oxime groups is 1. The van der Waals surface area contributed by atoms with Crippen LogP contribution in [0, 0.1) is 0 Å². The van der Waals surface area contributed by atoms with Crippen molar-refractivity contribution in [1.82, 2.24) is 15.2 Å². The number of aromatic nitrogens is 1. The summed E-state index contributed by atoms with van der Waals surface area (Å²) in [4.78, 5) is 78.5. The number of hydrogen-bond acceptors (Lipinski definition) is 13. The normalized spacial score (nSPS) is 18.6. The van der Waals surface area contributed by atoms with Crippen LogP contribution in [0.4, 0.5) is 9.93 Å². The fraction of sp³-hybridized carbons (Fsp3) is 0.410. The maximum atomic E-state index is 14.1. The number of nitrogens with one attached hydrogen (secondary N) is 2. The van der Waals surface area contributed by atoms with Crippen molar-refractivity contribution in [2.45, 2.75) is 89.7 Å². The number of halogens is 1. The zero-order chi connectivity index (χ0) is 41.9. The highest BCUT2D eigenvalue weighted by Gasteiger charge is 2.57. The predicted octanol–water partition coefficient (Wildman–Crippen LogP) is 5.77. The number of fused-ring (bicyclic) bond motifs is 1. The third-order valence-corrected chi connectivity index (χ3v) is 11.4. The van der Waals surface area contributed by atoms with Crippen LogP contribution in [0.1, 0.15) is 78.3 Å². The van der Waals surface area contributed by atoms with E-state index in [0.29, 0.717) is 16.7 Å². The number of nitrogens with zero attached hydrogens (tertiary/aromatic N) is 3. The van der Waals surface area contributed by atoms with E-state index in [0.717, 1.165) is 16.2 Å². The molecule has 18 heteroatoms. The van der Waals surface area contributed by atoms with Gasteiger partial charge >= 0.3 is 18.0 Å². The molecule has 2 aliphatic rings. The van der Waals surface area contributed by atoms with Crippen molar-refractivity contribution in [3.63, 3.8) is 0 Å². The standard InChI is InChI=1S/C39H44IN5O10S2/c1-37(2,3)53-34(49)39(7,8)55-44-26(25-20-56-35(41-25)43-36(50)54-38(4,5)6)30(46)42-27-31(47)45-28(24(19-40)21-57(51)32(27)45)33(48)52-29(22-15-11-9-12-16-22)23-17-13-10-14-18-23/h9-18,20,27,29,32H,19,21H2,1-8H3,(H,42,46)(H,41,43,50)/t27-,32-,57?/m1/s1. The van der Waals surface area contributed by atoms with Crippen LogP contribution >= 0.6 is 33.9 Å². The molecule has 2 aliphatic heterocycles. The summed E-state index contributed by atoms with van der Waals surface area (Å²) in [7, 11) is -1.74. The Morgan fingerprint density at radius 3 is 2.07 bits per heavy atom. The van der Waals surface area contributed by atoms with Crippen LogP contribution in [0.2, 0.25) is 0 Å². The van der Waals surface area contributed by atoms with Crippen molar-refractivity contribution < 1.29 is 47.2 Å². The molecule has 3 amide bonds. The number of ether oxygens (including phenoxy) is 3. The van der Waals surface area contributed by atoms with Crippen LogP contribution in [0.25, 0.3) is 0 Å². The van der Waals surface area contributed by atoms with E-state index >= 15 is 0 Å². The Kier molecular flexibility index (Phi) is 13.3. The van der Waals surface area contributed by atoms with Gasteiger partial charge in [-0.1, -0.05) is 88.4 Å². The van der Waals surface area contributed by atoms with E-state index in [1.165, 1.54) is 19.2 Å². The van der Waals surface area contributed by atoms with Crippen LogP contribution in [-0.2, 0) is 49.0 Å². The van der Waals surface area contributed by atoms with Crippen LogP contribution in [0.15, 0.2) is 82.5 Å². The Morgan fingerprint density at radius 1 is 0.947 bits per heavy atom. The smallest absolute Gasteiger partial charge is 0.413 e. The molecule has 3 aromatic rings. The summed E-state index contributed by atoms with van der Waals surface area (Å²) < 4.78 is 30.8. The molecule has 0 saturated carbocycles. The lowest BCUT2D eigenvalue weighted by Gasteiger charge is -2.49. The Bertz CT molecular complexity index is 2070. The van der Waals surface area contributed by atoms with Crippen LogP contribution < -0.4 is 10.6 Å².